The third-order valence-corrected chi connectivity index (χ3v) is 5.24. The van der Waals surface area contributed by atoms with E-state index in [1.54, 1.807) is 19.1 Å². The summed E-state index contributed by atoms with van der Waals surface area (Å²) in [6, 6.07) is 8.56. The third-order valence-electron chi connectivity index (χ3n) is 5.24. The van der Waals surface area contributed by atoms with Crippen molar-refractivity contribution in [3.8, 4) is 0 Å². The predicted octanol–water partition coefficient (Wildman–Crippen LogP) is 2.15. The van der Waals surface area contributed by atoms with Crippen LogP contribution in [0.5, 0.6) is 0 Å². The Balaban J connectivity index is 1.60. The number of rotatable bonds is 5. The first-order valence-corrected chi connectivity index (χ1v) is 8.97. The number of urea groups is 1. The van der Waals surface area contributed by atoms with Crippen molar-refractivity contribution in [3.05, 3.63) is 35.9 Å². The van der Waals surface area contributed by atoms with Gasteiger partial charge >= 0.3 is 6.03 Å². The van der Waals surface area contributed by atoms with Gasteiger partial charge in [-0.1, -0.05) is 49.6 Å². The van der Waals surface area contributed by atoms with Gasteiger partial charge < -0.3 is 10.6 Å². The molecule has 0 bridgehead atoms. The zero-order valence-corrected chi connectivity index (χ0v) is 14.6. The molecule has 2 fully saturated rings. The molecule has 1 aromatic rings. The second-order valence-corrected chi connectivity index (χ2v) is 7.12. The van der Waals surface area contributed by atoms with Crippen LogP contribution in [0.2, 0.25) is 0 Å². The molecule has 25 heavy (non-hydrogen) atoms. The van der Waals surface area contributed by atoms with E-state index < -0.39 is 17.5 Å². The van der Waals surface area contributed by atoms with Gasteiger partial charge in [-0.2, -0.15) is 0 Å². The van der Waals surface area contributed by atoms with E-state index in [9.17, 15) is 14.4 Å². The largest absolute Gasteiger partial charge is 0.354 e. The molecule has 0 aromatic heterocycles. The van der Waals surface area contributed by atoms with Gasteiger partial charge in [-0.3, -0.25) is 14.5 Å². The molecule has 6 nitrogen and oxygen atoms in total. The Kier molecular flexibility index (Phi) is 5.06. The van der Waals surface area contributed by atoms with Crippen LogP contribution in [0.25, 0.3) is 0 Å². The van der Waals surface area contributed by atoms with Gasteiger partial charge in [0.1, 0.15) is 12.1 Å². The quantitative estimate of drug-likeness (QED) is 0.804. The smallest absolute Gasteiger partial charge is 0.325 e. The highest BCUT2D eigenvalue weighted by atomic mass is 16.2. The van der Waals surface area contributed by atoms with Crippen LogP contribution in [-0.2, 0) is 15.1 Å². The van der Waals surface area contributed by atoms with Gasteiger partial charge in [-0.15, -0.1) is 0 Å². The first-order chi connectivity index (χ1) is 12.0. The maximum absolute atomic E-state index is 12.7. The third kappa shape index (κ3) is 3.67. The van der Waals surface area contributed by atoms with Crippen molar-refractivity contribution in [3.63, 3.8) is 0 Å². The van der Waals surface area contributed by atoms with Crippen LogP contribution in [0.1, 0.15) is 44.6 Å². The van der Waals surface area contributed by atoms with Crippen LogP contribution in [-0.4, -0.2) is 35.8 Å². The van der Waals surface area contributed by atoms with E-state index >= 15 is 0 Å². The lowest BCUT2D eigenvalue weighted by atomic mass is 9.89. The summed E-state index contributed by atoms with van der Waals surface area (Å²) < 4.78 is 0. The summed E-state index contributed by atoms with van der Waals surface area (Å²) in [6.07, 6.45) is 5.96. The highest BCUT2D eigenvalue weighted by Gasteiger charge is 2.49. The Morgan fingerprint density at radius 1 is 1.20 bits per heavy atom. The van der Waals surface area contributed by atoms with Crippen molar-refractivity contribution in [2.75, 3.05) is 13.1 Å². The molecular weight excluding hydrogens is 318 g/mol. The van der Waals surface area contributed by atoms with E-state index in [1.807, 2.05) is 18.2 Å². The fourth-order valence-corrected chi connectivity index (χ4v) is 3.66. The first-order valence-electron chi connectivity index (χ1n) is 8.97. The molecule has 1 atom stereocenters. The number of carbonyl (C=O) groups excluding carboxylic acids is 3. The summed E-state index contributed by atoms with van der Waals surface area (Å²) in [4.78, 5) is 38.2. The summed E-state index contributed by atoms with van der Waals surface area (Å²) in [5.74, 6) is -0.168. The topological polar surface area (TPSA) is 78.5 Å². The van der Waals surface area contributed by atoms with Gasteiger partial charge in [-0.05, 0) is 31.2 Å². The average molecular weight is 343 g/mol. The molecule has 134 valence electrons. The summed E-state index contributed by atoms with van der Waals surface area (Å²) in [5, 5.41) is 5.59. The van der Waals surface area contributed by atoms with E-state index in [2.05, 4.69) is 10.6 Å². The van der Waals surface area contributed by atoms with Crippen molar-refractivity contribution < 1.29 is 14.4 Å². The summed E-state index contributed by atoms with van der Waals surface area (Å²) in [5.41, 5.74) is -0.416. The van der Waals surface area contributed by atoms with Crippen LogP contribution in [0.4, 0.5) is 4.79 Å². The number of nitrogens with zero attached hydrogens (tertiary/aromatic N) is 1. The van der Waals surface area contributed by atoms with Gasteiger partial charge in [0.15, 0.2) is 0 Å². The predicted molar refractivity (Wildman–Crippen MR) is 93.6 cm³/mol. The van der Waals surface area contributed by atoms with Crippen molar-refractivity contribution in [2.24, 2.45) is 5.92 Å². The Hall–Kier alpha value is -2.37. The van der Waals surface area contributed by atoms with Crippen molar-refractivity contribution >= 4 is 17.8 Å². The molecule has 1 saturated heterocycles. The lowest BCUT2D eigenvalue weighted by molar-refractivity contribution is -0.134. The van der Waals surface area contributed by atoms with Crippen LogP contribution in [0.15, 0.2) is 30.3 Å². The van der Waals surface area contributed by atoms with Gasteiger partial charge in [0.25, 0.3) is 5.91 Å². The molecule has 6 heteroatoms. The van der Waals surface area contributed by atoms with E-state index in [-0.39, 0.29) is 12.5 Å². The summed E-state index contributed by atoms with van der Waals surface area (Å²) in [6.45, 7) is 2.06. The molecule has 1 aromatic carbocycles. The van der Waals surface area contributed by atoms with Gasteiger partial charge in [0, 0.05) is 6.54 Å². The Bertz CT molecular complexity index is 655. The normalized spacial score (nSPS) is 24.3. The molecule has 0 unspecified atom stereocenters. The van der Waals surface area contributed by atoms with Gasteiger partial charge in [0.2, 0.25) is 5.91 Å². The molecule has 1 aliphatic carbocycles. The fourth-order valence-electron chi connectivity index (χ4n) is 3.66. The number of nitrogens with one attached hydrogen (secondary N) is 2. The number of hydrogen-bond donors (Lipinski definition) is 2. The Labute approximate surface area is 148 Å². The number of imide groups is 1. The van der Waals surface area contributed by atoms with Crippen molar-refractivity contribution in [1.29, 1.82) is 0 Å². The molecule has 2 N–H and O–H groups in total. The lowest BCUT2D eigenvalue weighted by Crippen LogP contribution is -2.44. The van der Waals surface area contributed by atoms with Crippen molar-refractivity contribution in [2.45, 2.75) is 44.6 Å². The molecular formula is C19H25N3O3. The highest BCUT2D eigenvalue weighted by molar-refractivity contribution is 6.09. The summed E-state index contributed by atoms with van der Waals surface area (Å²) in [7, 11) is 0. The van der Waals surface area contributed by atoms with Crippen LogP contribution >= 0.6 is 0 Å². The zero-order valence-electron chi connectivity index (χ0n) is 14.6. The van der Waals surface area contributed by atoms with E-state index in [4.69, 9.17) is 0 Å². The lowest BCUT2D eigenvalue weighted by Gasteiger charge is -2.23. The van der Waals surface area contributed by atoms with Crippen LogP contribution in [0, 0.1) is 5.92 Å². The molecule has 1 heterocycles. The maximum Gasteiger partial charge on any atom is 0.325 e. The minimum atomic E-state index is -1.12. The number of amides is 4. The Morgan fingerprint density at radius 2 is 1.88 bits per heavy atom. The van der Waals surface area contributed by atoms with E-state index in [0.29, 0.717) is 18.0 Å². The van der Waals surface area contributed by atoms with Crippen LogP contribution < -0.4 is 10.6 Å². The number of carbonyl (C=O) groups is 3. The highest BCUT2D eigenvalue weighted by Crippen LogP contribution is 2.28. The minimum absolute atomic E-state index is 0.236. The van der Waals surface area contributed by atoms with Gasteiger partial charge in [0.05, 0.1) is 0 Å². The zero-order chi connectivity index (χ0) is 17.9. The molecule has 1 saturated carbocycles. The van der Waals surface area contributed by atoms with Crippen LogP contribution in [0.3, 0.4) is 0 Å². The van der Waals surface area contributed by atoms with Gasteiger partial charge in [-0.25, -0.2) is 4.79 Å². The molecule has 2 aliphatic rings. The number of benzene rings is 1. The van der Waals surface area contributed by atoms with E-state index in [1.165, 1.54) is 19.3 Å². The standard InChI is InChI=1S/C19H25N3O3/c1-19(15-10-6-3-7-11-15)17(24)22(18(25)21-19)13-16(23)20-12-14-8-4-2-5-9-14/h3,6-7,10-11,14H,2,4-5,8-9,12-13H2,1H3,(H,20,23)(H,21,25)/t19-/m1/s1. The molecule has 3 rings (SSSR count). The monoisotopic (exact) mass is 343 g/mol. The molecule has 0 spiro atoms. The second-order valence-electron chi connectivity index (χ2n) is 7.12. The first kappa shape index (κ1) is 17.5. The fraction of sp³-hybridized carbons (Fsp3) is 0.526. The molecule has 1 aliphatic heterocycles. The van der Waals surface area contributed by atoms with Crippen molar-refractivity contribution in [1.82, 2.24) is 15.5 Å². The SMILES string of the molecule is C[C@]1(c2ccccc2)NC(=O)N(CC(=O)NCC2CCCCC2)C1=O. The average Bonchev–Trinajstić information content (AvgIpc) is 2.86. The molecule has 4 amide bonds. The maximum atomic E-state index is 12.7. The van der Waals surface area contributed by atoms with E-state index in [0.717, 1.165) is 17.7 Å². The second kappa shape index (κ2) is 7.25. The minimum Gasteiger partial charge on any atom is -0.354 e. The molecule has 0 radical (unpaired) electrons. The summed E-state index contributed by atoms with van der Waals surface area (Å²) >= 11 is 0. The Morgan fingerprint density at radius 3 is 2.56 bits per heavy atom. The number of hydrogen-bond acceptors (Lipinski definition) is 3.